The standard InChI is InChI=1S/C18H24O3/c1-3-20-18(21-4-2)10-9-14-11-13-7-5-6-8-15(13)17(19)16(14)12-18/h5-8,14,16H,3-4,9-12H2,1-2H3/t14-,16+/m1/s1. The lowest BCUT2D eigenvalue weighted by Gasteiger charge is -2.45. The zero-order valence-electron chi connectivity index (χ0n) is 12.9. The highest BCUT2D eigenvalue weighted by molar-refractivity contribution is 6.00. The molecule has 0 amide bonds. The lowest BCUT2D eigenvalue weighted by atomic mass is 9.66. The number of carbonyl (C=O) groups is 1. The predicted octanol–water partition coefficient (Wildman–Crippen LogP) is 3.61. The summed E-state index contributed by atoms with van der Waals surface area (Å²) in [5.41, 5.74) is 2.12. The summed E-state index contributed by atoms with van der Waals surface area (Å²) in [5, 5.41) is 0. The fourth-order valence-electron chi connectivity index (χ4n) is 4.01. The molecule has 0 spiro atoms. The summed E-state index contributed by atoms with van der Waals surface area (Å²) < 4.78 is 11.8. The van der Waals surface area contributed by atoms with Crippen molar-refractivity contribution in [3.63, 3.8) is 0 Å². The van der Waals surface area contributed by atoms with E-state index in [4.69, 9.17) is 9.47 Å². The van der Waals surface area contributed by atoms with Crippen LogP contribution in [0.2, 0.25) is 0 Å². The van der Waals surface area contributed by atoms with Gasteiger partial charge in [0.15, 0.2) is 11.6 Å². The van der Waals surface area contributed by atoms with E-state index in [0.29, 0.717) is 25.6 Å². The minimum Gasteiger partial charge on any atom is -0.350 e. The normalized spacial score (nSPS) is 27.0. The SMILES string of the molecule is CCOC1(OCC)CC[C@@H]2Cc3ccccc3C(=O)[C@H]2C1. The number of ether oxygens (including phenoxy) is 2. The molecule has 1 saturated carbocycles. The van der Waals surface area contributed by atoms with Crippen molar-refractivity contribution in [3.05, 3.63) is 35.4 Å². The third-order valence-electron chi connectivity index (χ3n) is 4.91. The number of hydrogen-bond donors (Lipinski definition) is 0. The fraction of sp³-hybridized carbons (Fsp3) is 0.611. The predicted molar refractivity (Wildman–Crippen MR) is 81.3 cm³/mol. The van der Waals surface area contributed by atoms with E-state index in [0.717, 1.165) is 24.8 Å². The third-order valence-corrected chi connectivity index (χ3v) is 4.91. The first-order chi connectivity index (χ1) is 10.2. The Morgan fingerprint density at radius 2 is 1.90 bits per heavy atom. The van der Waals surface area contributed by atoms with Gasteiger partial charge < -0.3 is 9.47 Å². The molecule has 0 saturated heterocycles. The number of benzene rings is 1. The summed E-state index contributed by atoms with van der Waals surface area (Å²) in [5.74, 6) is 0.227. The molecule has 21 heavy (non-hydrogen) atoms. The molecule has 1 aromatic carbocycles. The average Bonchev–Trinajstić information content (AvgIpc) is 2.49. The highest BCUT2D eigenvalue weighted by atomic mass is 16.7. The molecule has 2 aliphatic carbocycles. The second-order valence-corrected chi connectivity index (χ2v) is 6.11. The second kappa shape index (κ2) is 5.90. The average molecular weight is 288 g/mol. The minimum atomic E-state index is -0.549. The Labute approximate surface area is 126 Å². The molecular formula is C18H24O3. The summed E-state index contributed by atoms with van der Waals surface area (Å²) in [6.45, 7) is 5.24. The summed E-state index contributed by atoms with van der Waals surface area (Å²) in [6, 6.07) is 8.04. The van der Waals surface area contributed by atoms with Crippen LogP contribution in [-0.4, -0.2) is 24.8 Å². The number of hydrogen-bond acceptors (Lipinski definition) is 3. The summed E-state index contributed by atoms with van der Waals surface area (Å²) in [7, 11) is 0. The van der Waals surface area contributed by atoms with Crippen molar-refractivity contribution in [1.29, 1.82) is 0 Å². The quantitative estimate of drug-likeness (QED) is 0.794. The smallest absolute Gasteiger partial charge is 0.168 e. The molecule has 0 aromatic heterocycles. The maximum absolute atomic E-state index is 12.8. The van der Waals surface area contributed by atoms with E-state index in [9.17, 15) is 4.79 Å². The van der Waals surface area contributed by atoms with Gasteiger partial charge in [-0.15, -0.1) is 0 Å². The van der Waals surface area contributed by atoms with Crippen LogP contribution in [0.1, 0.15) is 49.0 Å². The van der Waals surface area contributed by atoms with Gasteiger partial charge in [0.05, 0.1) is 0 Å². The Morgan fingerprint density at radius 1 is 1.19 bits per heavy atom. The van der Waals surface area contributed by atoms with Crippen LogP contribution in [0.15, 0.2) is 24.3 Å². The van der Waals surface area contributed by atoms with Crippen molar-refractivity contribution >= 4 is 5.78 Å². The second-order valence-electron chi connectivity index (χ2n) is 6.11. The Kier molecular flexibility index (Phi) is 4.14. The summed E-state index contributed by atoms with van der Waals surface area (Å²) in [6.07, 6.45) is 3.61. The molecule has 1 fully saturated rings. The van der Waals surface area contributed by atoms with Gasteiger partial charge in [0.1, 0.15) is 0 Å². The van der Waals surface area contributed by atoms with Gasteiger partial charge >= 0.3 is 0 Å². The molecule has 3 rings (SSSR count). The van der Waals surface area contributed by atoms with E-state index in [-0.39, 0.29) is 11.7 Å². The van der Waals surface area contributed by atoms with Crippen LogP contribution in [-0.2, 0) is 15.9 Å². The number of fused-ring (bicyclic) bond motifs is 2. The number of Topliss-reactive ketones (excluding diaryl/α,β-unsaturated/α-hetero) is 1. The molecule has 2 aliphatic rings. The molecule has 0 unspecified atom stereocenters. The van der Waals surface area contributed by atoms with Crippen LogP contribution in [0.4, 0.5) is 0 Å². The molecule has 0 bridgehead atoms. The van der Waals surface area contributed by atoms with Gasteiger partial charge in [-0.3, -0.25) is 4.79 Å². The van der Waals surface area contributed by atoms with Crippen molar-refractivity contribution in [2.45, 2.75) is 45.3 Å². The molecule has 2 atom stereocenters. The molecule has 3 nitrogen and oxygen atoms in total. The summed E-state index contributed by atoms with van der Waals surface area (Å²) >= 11 is 0. The van der Waals surface area contributed by atoms with Crippen LogP contribution in [0, 0.1) is 11.8 Å². The molecule has 0 radical (unpaired) electrons. The fourth-order valence-corrected chi connectivity index (χ4v) is 4.01. The van der Waals surface area contributed by atoms with Gasteiger partial charge in [-0.2, -0.15) is 0 Å². The molecule has 0 aliphatic heterocycles. The van der Waals surface area contributed by atoms with Crippen LogP contribution in [0.5, 0.6) is 0 Å². The Morgan fingerprint density at radius 3 is 2.62 bits per heavy atom. The van der Waals surface area contributed by atoms with Crippen LogP contribution in [0.3, 0.4) is 0 Å². The highest BCUT2D eigenvalue weighted by Gasteiger charge is 2.47. The Hall–Kier alpha value is -1.19. The molecule has 0 N–H and O–H groups in total. The molecular weight excluding hydrogens is 264 g/mol. The zero-order valence-corrected chi connectivity index (χ0v) is 12.9. The van der Waals surface area contributed by atoms with Crippen LogP contribution >= 0.6 is 0 Å². The molecule has 0 heterocycles. The van der Waals surface area contributed by atoms with E-state index in [1.807, 2.05) is 32.0 Å². The van der Waals surface area contributed by atoms with Gasteiger partial charge in [0.25, 0.3) is 0 Å². The van der Waals surface area contributed by atoms with Crippen molar-refractivity contribution in [3.8, 4) is 0 Å². The maximum Gasteiger partial charge on any atom is 0.168 e. The van der Waals surface area contributed by atoms with Crippen molar-refractivity contribution in [2.24, 2.45) is 11.8 Å². The first-order valence-corrected chi connectivity index (χ1v) is 8.09. The van der Waals surface area contributed by atoms with Gasteiger partial charge in [-0.05, 0) is 38.2 Å². The maximum atomic E-state index is 12.8. The van der Waals surface area contributed by atoms with E-state index in [2.05, 4.69) is 6.07 Å². The summed E-state index contributed by atoms with van der Waals surface area (Å²) in [4.78, 5) is 12.8. The van der Waals surface area contributed by atoms with E-state index in [1.165, 1.54) is 5.56 Å². The Bertz CT molecular complexity index is 517. The third kappa shape index (κ3) is 2.65. The van der Waals surface area contributed by atoms with Gasteiger partial charge in [0, 0.05) is 37.5 Å². The molecule has 1 aromatic rings. The monoisotopic (exact) mass is 288 g/mol. The highest BCUT2D eigenvalue weighted by Crippen LogP contribution is 2.45. The molecule has 3 heteroatoms. The lowest BCUT2D eigenvalue weighted by molar-refractivity contribution is -0.257. The number of carbonyl (C=O) groups excluding carboxylic acids is 1. The van der Waals surface area contributed by atoms with Crippen molar-refractivity contribution in [1.82, 2.24) is 0 Å². The van der Waals surface area contributed by atoms with Crippen LogP contribution < -0.4 is 0 Å². The van der Waals surface area contributed by atoms with E-state index in [1.54, 1.807) is 0 Å². The largest absolute Gasteiger partial charge is 0.350 e. The van der Waals surface area contributed by atoms with Crippen molar-refractivity contribution in [2.75, 3.05) is 13.2 Å². The van der Waals surface area contributed by atoms with Gasteiger partial charge in [0.2, 0.25) is 0 Å². The van der Waals surface area contributed by atoms with E-state index < -0.39 is 5.79 Å². The number of rotatable bonds is 4. The van der Waals surface area contributed by atoms with Crippen molar-refractivity contribution < 1.29 is 14.3 Å². The first-order valence-electron chi connectivity index (χ1n) is 8.09. The topological polar surface area (TPSA) is 35.5 Å². The lowest BCUT2D eigenvalue weighted by Crippen LogP contribution is -2.48. The first kappa shape index (κ1) is 14.7. The molecule has 114 valence electrons. The van der Waals surface area contributed by atoms with Crippen LogP contribution in [0.25, 0.3) is 0 Å². The van der Waals surface area contributed by atoms with Gasteiger partial charge in [-0.1, -0.05) is 24.3 Å². The zero-order chi connectivity index (χ0) is 14.9. The van der Waals surface area contributed by atoms with Gasteiger partial charge in [-0.25, -0.2) is 0 Å². The number of ketones is 1. The Balaban J connectivity index is 1.87. The minimum absolute atomic E-state index is 0.0479. The van der Waals surface area contributed by atoms with E-state index >= 15 is 0 Å².